The van der Waals surface area contributed by atoms with Gasteiger partial charge in [-0.1, -0.05) is 48.0 Å². The second-order valence-corrected chi connectivity index (χ2v) is 13.0. The lowest BCUT2D eigenvalue weighted by Gasteiger charge is -2.34. The maximum absolute atomic E-state index is 14.0. The van der Waals surface area contributed by atoms with Crippen molar-refractivity contribution < 1.29 is 43.0 Å². The summed E-state index contributed by atoms with van der Waals surface area (Å²) in [6, 6.07) is -4.96. The molecule has 0 aliphatic carbocycles. The van der Waals surface area contributed by atoms with E-state index in [9.17, 15) is 38.3 Å². The van der Waals surface area contributed by atoms with Gasteiger partial charge in [0.05, 0.1) is 18.2 Å². The largest absolute Gasteiger partial charge is 0.460 e. The molecule has 0 bridgehead atoms. The summed E-state index contributed by atoms with van der Waals surface area (Å²) in [7, 11) is 1.46. The zero-order chi connectivity index (χ0) is 36.0. The number of rotatable bonds is 11. The Bertz CT molecular complexity index is 1080. The maximum Gasteiger partial charge on any atom is 0.325 e. The first kappa shape index (κ1) is 41.7. The Labute approximate surface area is 277 Å². The minimum Gasteiger partial charge on any atom is -0.460 e. The molecule has 15 heteroatoms. The van der Waals surface area contributed by atoms with E-state index in [-0.39, 0.29) is 31.7 Å². The molecule has 0 radical (unpaired) electrons. The highest BCUT2D eigenvalue weighted by molar-refractivity contribution is 5.96. The number of carbonyl (C=O) groups excluding carboxylic acids is 6. The van der Waals surface area contributed by atoms with Crippen molar-refractivity contribution in [1.29, 1.82) is 0 Å². The summed E-state index contributed by atoms with van der Waals surface area (Å²) < 4.78 is 19.7. The third kappa shape index (κ3) is 13.0. The first-order valence-corrected chi connectivity index (χ1v) is 16.7. The normalized spacial score (nSPS) is 28.1. The molecule has 1 aliphatic rings. The second-order valence-electron chi connectivity index (χ2n) is 13.0. The van der Waals surface area contributed by atoms with Gasteiger partial charge in [-0.3, -0.25) is 28.8 Å². The number of hydrogen-bond acceptors (Lipinski definition) is 9. The highest BCUT2D eigenvalue weighted by Crippen LogP contribution is 2.22. The van der Waals surface area contributed by atoms with Crippen LogP contribution in [0.2, 0.25) is 0 Å². The van der Waals surface area contributed by atoms with Crippen molar-refractivity contribution >= 4 is 35.5 Å². The molecule has 0 spiro atoms. The third-order valence-corrected chi connectivity index (χ3v) is 8.62. The van der Waals surface area contributed by atoms with Crippen molar-refractivity contribution in [3.63, 3.8) is 0 Å². The molecule has 14 nitrogen and oxygen atoms in total. The smallest absolute Gasteiger partial charge is 0.325 e. The number of nitrogens with two attached hydrogens (primary N) is 1. The van der Waals surface area contributed by atoms with Crippen LogP contribution < -0.4 is 27.0 Å². The van der Waals surface area contributed by atoms with Crippen LogP contribution in [0.4, 0.5) is 4.39 Å². The monoisotopic (exact) mass is 672 g/mol. The van der Waals surface area contributed by atoms with Crippen molar-refractivity contribution in [2.45, 2.75) is 130 Å². The predicted molar refractivity (Wildman–Crippen MR) is 173 cm³/mol. The molecule has 1 heterocycles. The first-order valence-electron chi connectivity index (χ1n) is 16.7. The van der Waals surface area contributed by atoms with Crippen LogP contribution in [-0.2, 0) is 33.5 Å². The third-order valence-electron chi connectivity index (χ3n) is 8.62. The molecule has 9 atom stereocenters. The summed E-state index contributed by atoms with van der Waals surface area (Å²) in [5, 5.41) is 20.2. The molecular weight excluding hydrogens is 615 g/mol. The molecule has 7 N–H and O–H groups in total. The van der Waals surface area contributed by atoms with Gasteiger partial charge in [-0.15, -0.1) is 0 Å². The van der Waals surface area contributed by atoms with Crippen LogP contribution in [0.1, 0.15) is 87.0 Å². The highest BCUT2D eigenvalue weighted by Gasteiger charge is 2.38. The van der Waals surface area contributed by atoms with Gasteiger partial charge < -0.3 is 41.7 Å². The van der Waals surface area contributed by atoms with E-state index in [4.69, 9.17) is 10.5 Å². The lowest BCUT2D eigenvalue weighted by Crippen LogP contribution is -2.62. The number of aliphatic hydroxyl groups is 1. The van der Waals surface area contributed by atoms with Gasteiger partial charge in [0.2, 0.25) is 29.5 Å². The van der Waals surface area contributed by atoms with Crippen LogP contribution in [-0.4, -0.2) is 108 Å². The van der Waals surface area contributed by atoms with Crippen LogP contribution in [0.5, 0.6) is 0 Å². The van der Waals surface area contributed by atoms with Gasteiger partial charge in [-0.25, -0.2) is 4.39 Å². The average Bonchev–Trinajstić information content (AvgIpc) is 3.03. The molecule has 1 unspecified atom stereocenters. The second kappa shape index (κ2) is 20.1. The number of ether oxygens (including phenoxy) is 1. The Morgan fingerprint density at radius 1 is 0.936 bits per heavy atom. The van der Waals surface area contributed by atoms with E-state index >= 15 is 0 Å². The lowest BCUT2D eigenvalue weighted by atomic mass is 9.94. The quantitative estimate of drug-likeness (QED) is 0.167. The molecule has 47 heavy (non-hydrogen) atoms. The number of amides is 5. The molecule has 1 fully saturated rings. The minimum absolute atomic E-state index is 0.0336. The van der Waals surface area contributed by atoms with Crippen LogP contribution in [0.15, 0.2) is 0 Å². The van der Waals surface area contributed by atoms with Crippen molar-refractivity contribution in [2.24, 2.45) is 23.5 Å². The summed E-state index contributed by atoms with van der Waals surface area (Å²) in [4.78, 5) is 81.5. The van der Waals surface area contributed by atoms with E-state index in [1.807, 2.05) is 20.8 Å². The highest BCUT2D eigenvalue weighted by atomic mass is 19.1. The number of alkyl halides is 1. The van der Waals surface area contributed by atoms with E-state index < -0.39 is 96.4 Å². The fraction of sp³-hybridized carbons (Fsp3) is 0.812. The molecule has 5 amide bonds. The number of hydrogen-bond donors (Lipinski definition) is 6. The fourth-order valence-corrected chi connectivity index (χ4v) is 5.26. The van der Waals surface area contributed by atoms with Crippen LogP contribution in [0.25, 0.3) is 0 Å². The summed E-state index contributed by atoms with van der Waals surface area (Å²) in [5.74, 6) is -5.84. The number of cyclic esters (lactones) is 1. The zero-order valence-corrected chi connectivity index (χ0v) is 29.1. The summed E-state index contributed by atoms with van der Waals surface area (Å²) >= 11 is 0. The average molecular weight is 673 g/mol. The maximum atomic E-state index is 14.0. The van der Waals surface area contributed by atoms with Gasteiger partial charge in [0.25, 0.3) is 0 Å². The molecular formula is C32H57FN6O8. The molecule has 0 aromatic heterocycles. The summed E-state index contributed by atoms with van der Waals surface area (Å²) in [5.41, 5.74) is 5.79. The van der Waals surface area contributed by atoms with Crippen molar-refractivity contribution in [3.8, 4) is 0 Å². The Balaban J connectivity index is 3.63. The molecule has 1 aliphatic heterocycles. The predicted octanol–water partition coefficient (Wildman–Crippen LogP) is 0.296. The van der Waals surface area contributed by atoms with Gasteiger partial charge in [0.1, 0.15) is 36.8 Å². The minimum atomic E-state index is -1.52. The lowest BCUT2D eigenvalue weighted by molar-refractivity contribution is -0.157. The first-order chi connectivity index (χ1) is 22.0. The van der Waals surface area contributed by atoms with E-state index in [1.54, 1.807) is 20.8 Å². The number of nitrogens with zero attached hydrogens (tertiary/aromatic N) is 1. The van der Waals surface area contributed by atoms with Gasteiger partial charge in [-0.2, -0.15) is 0 Å². The van der Waals surface area contributed by atoms with Crippen LogP contribution in [0, 0.1) is 17.8 Å². The van der Waals surface area contributed by atoms with E-state index in [1.165, 1.54) is 18.9 Å². The Morgan fingerprint density at radius 3 is 2.09 bits per heavy atom. The van der Waals surface area contributed by atoms with Crippen LogP contribution >= 0.6 is 0 Å². The fourth-order valence-electron chi connectivity index (χ4n) is 5.26. The molecule has 1 rings (SSSR count). The van der Waals surface area contributed by atoms with E-state index in [0.717, 1.165) is 0 Å². The van der Waals surface area contributed by atoms with Crippen LogP contribution in [0.3, 0.4) is 0 Å². The van der Waals surface area contributed by atoms with Crippen molar-refractivity contribution in [3.05, 3.63) is 0 Å². The topological polar surface area (TPSA) is 209 Å². The van der Waals surface area contributed by atoms with Crippen molar-refractivity contribution in [1.82, 2.24) is 26.2 Å². The SMILES string of the molecule is CCC(F)CCC[C@H]1OC(=O)CNC(=O)[C@H]([C@H](C)O)NC(=O)[C@H](CN)NC(=O)[C@H]([C@H](C)CC)NC(=O)[C@H](CC(C)C)N(C)C(=O)[C@@H]1C. The van der Waals surface area contributed by atoms with Gasteiger partial charge in [-0.05, 0) is 50.9 Å². The van der Waals surface area contributed by atoms with Crippen molar-refractivity contribution in [2.75, 3.05) is 20.1 Å². The van der Waals surface area contributed by atoms with Gasteiger partial charge in [0.15, 0.2) is 0 Å². The Morgan fingerprint density at radius 2 is 1.55 bits per heavy atom. The van der Waals surface area contributed by atoms with E-state index in [0.29, 0.717) is 19.3 Å². The molecule has 270 valence electrons. The molecule has 1 saturated heterocycles. The standard InChI is InChI=1S/C32H57FN6O8/c1-9-18(5)26-31(45)36-22(15-34)28(42)38-27(20(7)40)30(44)35-16-25(41)47-24(13-11-12-21(33)10-2)19(6)32(46)39(8)23(14-17(3)4)29(43)37-26/h17-24,26-27,40H,9-16,34H2,1-8H3,(H,35,44)(H,36,45)(H,37,43)(H,38,42)/t18-,19-,20+,21?,22+,23+,24-,26+,27+/m1/s1. The number of carbonyl (C=O) groups is 6. The molecule has 0 saturated carbocycles. The Hall–Kier alpha value is -3.33. The number of likely N-dealkylation sites (N-methyl/N-ethyl adjacent to an activating group) is 1. The number of nitrogens with one attached hydrogen (secondary N) is 4. The van der Waals surface area contributed by atoms with Gasteiger partial charge >= 0.3 is 5.97 Å². The number of aliphatic hydroxyl groups excluding tert-OH is 1. The zero-order valence-electron chi connectivity index (χ0n) is 29.1. The number of halogens is 1. The van der Waals surface area contributed by atoms with Gasteiger partial charge in [0, 0.05) is 13.6 Å². The molecule has 0 aromatic carbocycles. The molecule has 0 aromatic rings. The Kier molecular flexibility index (Phi) is 17.9. The number of esters is 1. The summed E-state index contributed by atoms with van der Waals surface area (Å²) in [6.45, 7) is 10.8. The summed E-state index contributed by atoms with van der Waals surface area (Å²) in [6.07, 6.45) is -1.81. The van der Waals surface area contributed by atoms with E-state index in [2.05, 4.69) is 21.3 Å².